The molecule has 0 aliphatic heterocycles. The van der Waals surface area contributed by atoms with Gasteiger partial charge < -0.3 is 0 Å². The van der Waals surface area contributed by atoms with Gasteiger partial charge in [-0.05, 0) is 36.4 Å². The molecule has 0 fully saturated rings. The first-order valence-electron chi connectivity index (χ1n) is 4.75. The van der Waals surface area contributed by atoms with Gasteiger partial charge in [0.15, 0.2) is 11.0 Å². The van der Waals surface area contributed by atoms with E-state index in [0.717, 1.165) is 0 Å². The number of nitrogens with one attached hydrogen (secondary N) is 1. The lowest BCUT2D eigenvalue weighted by Gasteiger charge is -2.06. The Hall–Kier alpha value is -1.37. The number of benzene rings is 1. The third-order valence-corrected chi connectivity index (χ3v) is 3.82. The first-order chi connectivity index (χ1) is 8.47. The fourth-order valence-electron chi connectivity index (χ4n) is 1.18. The maximum atomic E-state index is 11.9. The molecule has 18 heavy (non-hydrogen) atoms. The van der Waals surface area contributed by atoms with Crippen LogP contribution in [0, 0.1) is 0 Å². The van der Waals surface area contributed by atoms with E-state index in [1.165, 1.54) is 36.4 Å². The summed E-state index contributed by atoms with van der Waals surface area (Å²) in [5, 5.41) is 7.79. The molecule has 0 saturated heterocycles. The van der Waals surface area contributed by atoms with Gasteiger partial charge in [-0.15, -0.1) is 10.2 Å². The molecule has 8 heteroatoms. The van der Waals surface area contributed by atoms with E-state index >= 15 is 0 Å². The summed E-state index contributed by atoms with van der Waals surface area (Å²) in [7, 11) is -3.70. The number of hydrogen-bond acceptors (Lipinski definition) is 4. The highest BCUT2D eigenvalue weighted by atomic mass is 35.5. The van der Waals surface area contributed by atoms with Crippen LogP contribution in [0.3, 0.4) is 0 Å². The molecule has 0 aliphatic rings. The van der Waals surface area contributed by atoms with Crippen LogP contribution in [-0.2, 0) is 10.0 Å². The van der Waals surface area contributed by atoms with E-state index in [2.05, 4.69) is 14.9 Å². The van der Waals surface area contributed by atoms with Crippen molar-refractivity contribution in [3.63, 3.8) is 0 Å². The van der Waals surface area contributed by atoms with Crippen LogP contribution >= 0.6 is 23.2 Å². The Morgan fingerprint density at radius 1 is 0.944 bits per heavy atom. The molecule has 1 aromatic carbocycles. The zero-order valence-electron chi connectivity index (χ0n) is 8.84. The predicted octanol–water partition coefficient (Wildman–Crippen LogP) is 2.58. The van der Waals surface area contributed by atoms with Gasteiger partial charge >= 0.3 is 0 Å². The molecule has 5 nitrogen and oxygen atoms in total. The van der Waals surface area contributed by atoms with Crippen LogP contribution in [0.5, 0.6) is 0 Å². The van der Waals surface area contributed by atoms with Crippen molar-refractivity contribution >= 4 is 39.0 Å². The minimum atomic E-state index is -3.70. The Balaban J connectivity index is 2.27. The van der Waals surface area contributed by atoms with Crippen molar-refractivity contribution in [2.75, 3.05) is 4.72 Å². The summed E-state index contributed by atoms with van der Waals surface area (Å²) in [6.45, 7) is 0. The number of anilines is 1. The molecule has 0 spiro atoms. The third kappa shape index (κ3) is 3.10. The van der Waals surface area contributed by atoms with E-state index in [4.69, 9.17) is 23.2 Å². The second kappa shape index (κ2) is 5.09. The number of rotatable bonds is 3. The van der Waals surface area contributed by atoms with E-state index in [9.17, 15) is 8.42 Å². The zero-order chi connectivity index (χ0) is 13.2. The minimum absolute atomic E-state index is 0.0867. The van der Waals surface area contributed by atoms with Crippen LogP contribution < -0.4 is 4.72 Å². The Morgan fingerprint density at radius 2 is 1.61 bits per heavy atom. The summed E-state index contributed by atoms with van der Waals surface area (Å²) < 4.78 is 26.2. The number of sulfonamides is 1. The summed E-state index contributed by atoms with van der Waals surface area (Å²) in [5.41, 5.74) is 0. The van der Waals surface area contributed by atoms with Crippen molar-refractivity contribution in [3.8, 4) is 0 Å². The van der Waals surface area contributed by atoms with Crippen LogP contribution in [0.25, 0.3) is 0 Å². The normalized spacial score (nSPS) is 11.2. The van der Waals surface area contributed by atoms with Crippen LogP contribution in [0.2, 0.25) is 10.2 Å². The first-order valence-corrected chi connectivity index (χ1v) is 6.99. The van der Waals surface area contributed by atoms with E-state index in [1.54, 1.807) is 0 Å². The standard InChI is InChI=1S/C10H7Cl2N3O2S/c11-7-1-3-8(4-2-7)18(16,17)15-10-6-5-9(12)13-14-10/h1-6H,(H,14,15). The number of aromatic nitrogens is 2. The molecule has 0 radical (unpaired) electrons. The van der Waals surface area contributed by atoms with Crippen LogP contribution in [0.1, 0.15) is 0 Å². The monoisotopic (exact) mass is 303 g/mol. The highest BCUT2D eigenvalue weighted by molar-refractivity contribution is 7.92. The molecular formula is C10H7Cl2N3O2S. The molecule has 0 unspecified atom stereocenters. The first kappa shape index (κ1) is 13.1. The summed E-state index contributed by atoms with van der Waals surface area (Å²) >= 11 is 11.2. The summed E-state index contributed by atoms with van der Waals surface area (Å²) in [4.78, 5) is 0.0867. The molecular weight excluding hydrogens is 297 g/mol. The third-order valence-electron chi connectivity index (χ3n) is 1.99. The van der Waals surface area contributed by atoms with Crippen molar-refractivity contribution in [1.29, 1.82) is 0 Å². The average Bonchev–Trinajstić information content (AvgIpc) is 2.32. The van der Waals surface area contributed by atoms with E-state index in [0.29, 0.717) is 5.02 Å². The average molecular weight is 304 g/mol. The molecule has 0 atom stereocenters. The van der Waals surface area contributed by atoms with Gasteiger partial charge in [0.25, 0.3) is 10.0 Å². The van der Waals surface area contributed by atoms with Gasteiger partial charge in [-0.2, -0.15) is 0 Å². The van der Waals surface area contributed by atoms with Crippen LogP contribution in [0.15, 0.2) is 41.3 Å². The molecule has 1 N–H and O–H groups in total. The van der Waals surface area contributed by atoms with Crippen molar-refractivity contribution in [2.24, 2.45) is 0 Å². The molecule has 0 aliphatic carbocycles. The number of halogens is 2. The maximum absolute atomic E-state index is 11.9. The fourth-order valence-corrected chi connectivity index (χ4v) is 2.40. The molecule has 0 bridgehead atoms. The quantitative estimate of drug-likeness (QED) is 0.946. The van der Waals surface area contributed by atoms with E-state index < -0.39 is 10.0 Å². The highest BCUT2D eigenvalue weighted by Crippen LogP contribution is 2.17. The van der Waals surface area contributed by atoms with Gasteiger partial charge in [-0.3, -0.25) is 4.72 Å². The Morgan fingerprint density at radius 3 is 2.17 bits per heavy atom. The van der Waals surface area contributed by atoms with Crippen LogP contribution in [0.4, 0.5) is 5.82 Å². The van der Waals surface area contributed by atoms with E-state index in [1.807, 2.05) is 0 Å². The van der Waals surface area contributed by atoms with Gasteiger partial charge in [0, 0.05) is 5.02 Å². The highest BCUT2D eigenvalue weighted by Gasteiger charge is 2.14. The van der Waals surface area contributed by atoms with Crippen molar-refractivity contribution in [2.45, 2.75) is 4.90 Å². The second-order valence-electron chi connectivity index (χ2n) is 3.30. The zero-order valence-corrected chi connectivity index (χ0v) is 11.2. The number of hydrogen-bond donors (Lipinski definition) is 1. The fraction of sp³-hybridized carbons (Fsp3) is 0. The second-order valence-corrected chi connectivity index (χ2v) is 5.81. The molecule has 94 valence electrons. The lowest BCUT2D eigenvalue weighted by atomic mass is 10.4. The predicted molar refractivity (Wildman–Crippen MR) is 69.3 cm³/mol. The smallest absolute Gasteiger partial charge is 0.262 e. The molecule has 2 rings (SSSR count). The summed E-state index contributed by atoms with van der Waals surface area (Å²) in [5.74, 6) is 0.0920. The largest absolute Gasteiger partial charge is 0.263 e. The number of nitrogens with zero attached hydrogens (tertiary/aromatic N) is 2. The molecule has 0 saturated carbocycles. The van der Waals surface area contributed by atoms with Crippen molar-refractivity contribution < 1.29 is 8.42 Å². The Kier molecular flexibility index (Phi) is 3.70. The lowest BCUT2D eigenvalue weighted by Crippen LogP contribution is -2.14. The lowest BCUT2D eigenvalue weighted by molar-refractivity contribution is 0.601. The molecule has 0 amide bonds. The molecule has 2 aromatic rings. The summed E-state index contributed by atoms with van der Waals surface area (Å²) in [6, 6.07) is 8.63. The van der Waals surface area contributed by atoms with E-state index in [-0.39, 0.29) is 15.9 Å². The minimum Gasteiger partial charge on any atom is -0.262 e. The SMILES string of the molecule is O=S(=O)(Nc1ccc(Cl)nn1)c1ccc(Cl)cc1. The van der Waals surface area contributed by atoms with Crippen molar-refractivity contribution in [1.82, 2.24) is 10.2 Å². The van der Waals surface area contributed by atoms with Gasteiger partial charge in [0.05, 0.1) is 4.90 Å². The summed E-state index contributed by atoms with van der Waals surface area (Å²) in [6.07, 6.45) is 0. The topological polar surface area (TPSA) is 72.0 Å². The van der Waals surface area contributed by atoms with Crippen LogP contribution in [-0.4, -0.2) is 18.6 Å². The maximum Gasteiger partial charge on any atom is 0.263 e. The van der Waals surface area contributed by atoms with Gasteiger partial charge in [-0.1, -0.05) is 23.2 Å². The molecule has 1 heterocycles. The van der Waals surface area contributed by atoms with Gasteiger partial charge in [0.1, 0.15) is 0 Å². The Bertz CT molecular complexity index is 642. The van der Waals surface area contributed by atoms with Gasteiger partial charge in [0.2, 0.25) is 0 Å². The Labute approximate surface area is 114 Å². The van der Waals surface area contributed by atoms with Gasteiger partial charge in [-0.25, -0.2) is 8.42 Å². The van der Waals surface area contributed by atoms with Crippen molar-refractivity contribution in [3.05, 3.63) is 46.6 Å². The molecule has 1 aromatic heterocycles.